The summed E-state index contributed by atoms with van der Waals surface area (Å²) in [5.74, 6) is 0.775. The zero-order valence-corrected chi connectivity index (χ0v) is 17.5. The van der Waals surface area contributed by atoms with Crippen LogP contribution < -0.4 is 10.2 Å². The number of anilines is 1. The van der Waals surface area contributed by atoms with Crippen molar-refractivity contribution in [3.8, 4) is 12.1 Å². The Kier molecular flexibility index (Phi) is 8.02. The minimum Gasteiger partial charge on any atom is -0.387 e. The molecule has 0 saturated heterocycles. The molecule has 0 fully saturated rings. The van der Waals surface area contributed by atoms with E-state index in [0.29, 0.717) is 40.7 Å². The number of nitriles is 2. The quantitative estimate of drug-likeness (QED) is 0.644. The first-order valence-corrected chi connectivity index (χ1v) is 10.1. The Bertz CT molecular complexity index is 959. The molecule has 1 amide bonds. The van der Waals surface area contributed by atoms with E-state index >= 15 is 0 Å². The van der Waals surface area contributed by atoms with E-state index in [0.717, 1.165) is 16.7 Å². The highest BCUT2D eigenvalue weighted by atomic mass is 32.2. The average molecular weight is 410 g/mol. The number of benzene rings is 1. The van der Waals surface area contributed by atoms with E-state index < -0.39 is 12.5 Å². The van der Waals surface area contributed by atoms with Gasteiger partial charge in [0.25, 0.3) is 0 Å². The first-order chi connectivity index (χ1) is 13.9. The summed E-state index contributed by atoms with van der Waals surface area (Å²) in [6.07, 6.45) is 0.580. The van der Waals surface area contributed by atoms with Crippen molar-refractivity contribution in [2.45, 2.75) is 30.7 Å². The maximum atomic E-state index is 11.1. The third kappa shape index (κ3) is 5.47. The van der Waals surface area contributed by atoms with Gasteiger partial charge in [-0.15, -0.1) is 11.8 Å². The lowest BCUT2D eigenvalue weighted by Gasteiger charge is -2.18. The molecule has 8 heteroatoms. The van der Waals surface area contributed by atoms with Gasteiger partial charge >= 0.3 is 0 Å². The number of carbonyl (C=O) groups is 1. The molecule has 0 saturated carbocycles. The Labute approximate surface area is 175 Å². The highest BCUT2D eigenvalue weighted by molar-refractivity contribution is 7.98. The van der Waals surface area contributed by atoms with E-state index in [1.54, 1.807) is 4.90 Å². The highest BCUT2D eigenvalue weighted by Crippen LogP contribution is 2.32. The molecule has 2 aromatic rings. The highest BCUT2D eigenvalue weighted by Gasteiger charge is 2.20. The minimum atomic E-state index is -0.526. The summed E-state index contributed by atoms with van der Waals surface area (Å²) in [5.41, 5.74) is 3.62. The van der Waals surface area contributed by atoms with Crippen LogP contribution in [0, 0.1) is 22.7 Å². The first kappa shape index (κ1) is 22.2. The van der Waals surface area contributed by atoms with E-state index in [1.807, 2.05) is 45.3 Å². The monoisotopic (exact) mass is 409 g/mol. The summed E-state index contributed by atoms with van der Waals surface area (Å²) < 4.78 is 0. The first-order valence-electron chi connectivity index (χ1n) is 9.07. The molecule has 0 aliphatic carbocycles. The Hall–Kier alpha value is -3.07. The molecule has 7 nitrogen and oxygen atoms in total. The topological polar surface area (TPSA) is 113 Å². The number of aromatic nitrogens is 1. The fourth-order valence-corrected chi connectivity index (χ4v) is 3.73. The smallest absolute Gasteiger partial charge is 0.245 e. The predicted octanol–water partition coefficient (Wildman–Crippen LogP) is 2.35. The summed E-state index contributed by atoms with van der Waals surface area (Å²) in [4.78, 5) is 17.5. The van der Waals surface area contributed by atoms with Crippen molar-refractivity contribution < 1.29 is 9.90 Å². The van der Waals surface area contributed by atoms with Crippen LogP contribution in [0.2, 0.25) is 0 Å². The zero-order chi connectivity index (χ0) is 21.4. The number of hydrogen-bond donors (Lipinski definition) is 2. The Morgan fingerprint density at radius 3 is 2.31 bits per heavy atom. The second-order valence-electron chi connectivity index (χ2n) is 6.48. The van der Waals surface area contributed by atoms with Crippen LogP contribution in [0.3, 0.4) is 0 Å². The number of rotatable bonds is 8. The summed E-state index contributed by atoms with van der Waals surface area (Å²) in [5, 5.41) is 31.2. The second-order valence-corrected chi connectivity index (χ2v) is 7.44. The molecule has 1 heterocycles. The van der Waals surface area contributed by atoms with Crippen LogP contribution in [0.4, 0.5) is 5.82 Å². The van der Waals surface area contributed by atoms with Crippen LogP contribution in [0.25, 0.3) is 0 Å². The van der Waals surface area contributed by atoms with Gasteiger partial charge in [-0.2, -0.15) is 10.5 Å². The number of nitrogens with one attached hydrogen (secondary N) is 1. The van der Waals surface area contributed by atoms with Crippen molar-refractivity contribution in [3.05, 3.63) is 52.1 Å². The van der Waals surface area contributed by atoms with Gasteiger partial charge in [0.1, 0.15) is 29.6 Å². The second kappa shape index (κ2) is 10.5. The van der Waals surface area contributed by atoms with Crippen molar-refractivity contribution in [3.63, 3.8) is 0 Å². The molecule has 0 atom stereocenters. The van der Waals surface area contributed by atoms with Gasteiger partial charge in [0.2, 0.25) is 5.91 Å². The molecule has 0 radical (unpaired) electrons. The largest absolute Gasteiger partial charge is 0.387 e. The molecule has 0 aliphatic heterocycles. The number of pyridine rings is 1. The lowest BCUT2D eigenvalue weighted by Crippen LogP contribution is -2.25. The van der Waals surface area contributed by atoms with Gasteiger partial charge in [-0.3, -0.25) is 4.79 Å². The van der Waals surface area contributed by atoms with E-state index in [2.05, 4.69) is 22.4 Å². The number of aliphatic hydroxyl groups is 1. The number of thioether (sulfide) groups is 1. The number of amides is 1. The molecule has 0 aliphatic rings. The van der Waals surface area contributed by atoms with Crippen molar-refractivity contribution in [1.82, 2.24) is 10.3 Å². The minimum absolute atomic E-state index is 0.356. The maximum Gasteiger partial charge on any atom is 0.245 e. The Balaban J connectivity index is 2.22. The van der Waals surface area contributed by atoms with E-state index in [4.69, 9.17) is 5.11 Å². The van der Waals surface area contributed by atoms with Crippen LogP contribution in [0.5, 0.6) is 0 Å². The molecule has 0 spiro atoms. The molecule has 1 aromatic carbocycles. The molecule has 1 aromatic heterocycles. The van der Waals surface area contributed by atoms with Crippen molar-refractivity contribution in [1.29, 1.82) is 10.5 Å². The Morgan fingerprint density at radius 2 is 1.79 bits per heavy atom. The Morgan fingerprint density at radius 1 is 1.17 bits per heavy atom. The van der Waals surface area contributed by atoms with Crippen molar-refractivity contribution >= 4 is 23.5 Å². The fraction of sp³-hybridized carbons (Fsp3) is 0.333. The number of nitrogens with zero attached hydrogens (tertiary/aromatic N) is 4. The summed E-state index contributed by atoms with van der Waals surface area (Å²) in [6.45, 7) is 1.76. The van der Waals surface area contributed by atoms with Gasteiger partial charge < -0.3 is 15.3 Å². The number of aliphatic hydroxyl groups excluding tert-OH is 1. The molecule has 150 valence electrons. The molecule has 29 heavy (non-hydrogen) atoms. The van der Waals surface area contributed by atoms with Gasteiger partial charge in [-0.05, 0) is 23.1 Å². The number of hydrogen-bond acceptors (Lipinski definition) is 7. The average Bonchev–Trinajstić information content (AvgIpc) is 2.75. The zero-order valence-electron chi connectivity index (χ0n) is 16.7. The normalized spacial score (nSPS) is 10.1. The standard InChI is InChI=1S/C21H23N5O2S/c1-4-16-17(9-22)20(26(2)3)25-21(18(16)10-23)29-13-15-7-5-14(6-8-15)11-24-19(28)12-27/h5-8,27H,4,11-13H2,1-3H3,(H,24,28). The van der Waals surface area contributed by atoms with Crippen LogP contribution >= 0.6 is 11.8 Å². The maximum absolute atomic E-state index is 11.1. The van der Waals surface area contributed by atoms with E-state index in [1.165, 1.54) is 11.8 Å². The molecular formula is C21H23N5O2S. The molecule has 2 N–H and O–H groups in total. The predicted molar refractivity (Wildman–Crippen MR) is 112 cm³/mol. The van der Waals surface area contributed by atoms with Crippen LogP contribution in [-0.2, 0) is 23.5 Å². The van der Waals surface area contributed by atoms with Crippen LogP contribution in [-0.4, -0.2) is 36.7 Å². The molecule has 0 unspecified atom stereocenters. The van der Waals surface area contributed by atoms with Gasteiger partial charge in [-0.25, -0.2) is 4.98 Å². The van der Waals surface area contributed by atoms with Crippen LogP contribution in [0.15, 0.2) is 29.3 Å². The summed E-state index contributed by atoms with van der Waals surface area (Å²) in [7, 11) is 3.66. The third-order valence-corrected chi connectivity index (χ3v) is 5.33. The SMILES string of the molecule is CCc1c(C#N)c(SCc2ccc(CNC(=O)CO)cc2)nc(N(C)C)c1C#N. The van der Waals surface area contributed by atoms with E-state index in [9.17, 15) is 15.3 Å². The van der Waals surface area contributed by atoms with Gasteiger partial charge in [0.15, 0.2) is 0 Å². The summed E-state index contributed by atoms with van der Waals surface area (Å²) in [6, 6.07) is 12.1. The lowest BCUT2D eigenvalue weighted by molar-refractivity contribution is -0.123. The van der Waals surface area contributed by atoms with Gasteiger partial charge in [0, 0.05) is 26.4 Å². The summed E-state index contributed by atoms with van der Waals surface area (Å²) >= 11 is 1.46. The lowest BCUT2D eigenvalue weighted by atomic mass is 10.0. The molecular weight excluding hydrogens is 386 g/mol. The van der Waals surface area contributed by atoms with Crippen LogP contribution in [0.1, 0.15) is 34.7 Å². The van der Waals surface area contributed by atoms with Gasteiger partial charge in [0.05, 0.1) is 11.1 Å². The van der Waals surface area contributed by atoms with Gasteiger partial charge in [-0.1, -0.05) is 31.2 Å². The molecule has 0 bridgehead atoms. The third-order valence-electron chi connectivity index (χ3n) is 4.28. The number of carbonyl (C=O) groups excluding carboxylic acids is 1. The van der Waals surface area contributed by atoms with Crippen molar-refractivity contribution in [2.24, 2.45) is 0 Å². The van der Waals surface area contributed by atoms with E-state index in [-0.39, 0.29) is 0 Å². The van der Waals surface area contributed by atoms with Crippen molar-refractivity contribution in [2.75, 3.05) is 25.6 Å². The molecule has 2 rings (SSSR count). The fourth-order valence-electron chi connectivity index (χ4n) is 2.77.